The molecular formula is C29H25BrO. The van der Waals surface area contributed by atoms with Gasteiger partial charge in [0.2, 0.25) is 0 Å². The Morgan fingerprint density at radius 3 is 2.00 bits per heavy atom. The van der Waals surface area contributed by atoms with Crippen molar-refractivity contribution in [2.75, 3.05) is 0 Å². The maximum atomic E-state index is 12.6. The first-order valence-corrected chi connectivity index (χ1v) is 11.4. The first-order chi connectivity index (χ1) is 14.8. The molecule has 2 heteroatoms. The molecule has 1 N–H and O–H groups in total. The third-order valence-corrected chi connectivity index (χ3v) is 6.83. The highest BCUT2D eigenvalue weighted by Crippen LogP contribution is 2.53. The monoisotopic (exact) mass is 468 g/mol. The Labute approximate surface area is 192 Å². The van der Waals surface area contributed by atoms with Crippen LogP contribution in [-0.4, -0.2) is 5.11 Å². The van der Waals surface area contributed by atoms with Crippen LogP contribution in [0.15, 0.2) is 95.5 Å². The summed E-state index contributed by atoms with van der Waals surface area (Å²) < 4.78 is 0.964. The van der Waals surface area contributed by atoms with Gasteiger partial charge in [-0.15, -0.1) is 0 Å². The van der Waals surface area contributed by atoms with Gasteiger partial charge in [0.25, 0.3) is 0 Å². The Hall–Kier alpha value is -2.68. The molecule has 0 aliphatic heterocycles. The van der Waals surface area contributed by atoms with Crippen LogP contribution in [0, 0.1) is 0 Å². The van der Waals surface area contributed by atoms with Crippen molar-refractivity contribution in [3.63, 3.8) is 0 Å². The molecule has 1 unspecified atom stereocenters. The number of hydrogen-bond donors (Lipinski definition) is 1. The fourth-order valence-electron chi connectivity index (χ4n) is 4.70. The van der Waals surface area contributed by atoms with Crippen LogP contribution in [0.2, 0.25) is 0 Å². The average Bonchev–Trinajstić information content (AvgIpc) is 3.02. The largest absolute Gasteiger partial charge is 0.376 e. The lowest BCUT2D eigenvalue weighted by Gasteiger charge is -2.31. The van der Waals surface area contributed by atoms with E-state index in [1.807, 2.05) is 36.4 Å². The summed E-state index contributed by atoms with van der Waals surface area (Å²) in [6, 6.07) is 31.3. The van der Waals surface area contributed by atoms with E-state index in [4.69, 9.17) is 0 Å². The highest BCUT2D eigenvalue weighted by Gasteiger charge is 2.44. The zero-order chi connectivity index (χ0) is 21.8. The van der Waals surface area contributed by atoms with E-state index < -0.39 is 5.60 Å². The SMILES string of the molecule is CC(C)(C)c1ccc(-c2ccccc2)c(C2(O)c3ccccc3-c3ccc(Br)cc32)c1. The van der Waals surface area contributed by atoms with Gasteiger partial charge in [-0.1, -0.05) is 116 Å². The zero-order valence-corrected chi connectivity index (χ0v) is 19.6. The predicted molar refractivity (Wildman–Crippen MR) is 132 cm³/mol. The Kier molecular flexibility index (Phi) is 4.69. The summed E-state index contributed by atoms with van der Waals surface area (Å²) in [5.41, 5.74) is 7.06. The lowest BCUT2D eigenvalue weighted by Crippen LogP contribution is -2.28. The smallest absolute Gasteiger partial charge is 0.142 e. The maximum absolute atomic E-state index is 12.6. The number of halogens is 1. The van der Waals surface area contributed by atoms with Crippen LogP contribution in [0.4, 0.5) is 0 Å². The normalized spacial score (nSPS) is 17.3. The van der Waals surface area contributed by atoms with Gasteiger partial charge in [-0.05, 0) is 45.4 Å². The van der Waals surface area contributed by atoms with Crippen molar-refractivity contribution in [3.8, 4) is 22.3 Å². The highest BCUT2D eigenvalue weighted by atomic mass is 79.9. The van der Waals surface area contributed by atoms with Crippen molar-refractivity contribution < 1.29 is 5.11 Å². The summed E-state index contributed by atoms with van der Waals surface area (Å²) in [5, 5.41) is 12.6. The molecule has 0 heterocycles. The molecular weight excluding hydrogens is 444 g/mol. The average molecular weight is 469 g/mol. The molecule has 0 saturated carbocycles. The van der Waals surface area contributed by atoms with Crippen molar-refractivity contribution in [3.05, 3.63) is 118 Å². The Morgan fingerprint density at radius 1 is 0.645 bits per heavy atom. The first-order valence-electron chi connectivity index (χ1n) is 10.6. The Bertz CT molecular complexity index is 1280. The second kappa shape index (κ2) is 7.19. The molecule has 1 nitrogen and oxygen atoms in total. The van der Waals surface area contributed by atoms with E-state index in [9.17, 15) is 5.11 Å². The number of aliphatic hydroxyl groups is 1. The van der Waals surface area contributed by atoms with Crippen LogP contribution >= 0.6 is 15.9 Å². The molecule has 0 fully saturated rings. The zero-order valence-electron chi connectivity index (χ0n) is 18.0. The number of hydrogen-bond acceptors (Lipinski definition) is 1. The van der Waals surface area contributed by atoms with Gasteiger partial charge in [0.1, 0.15) is 5.60 Å². The number of fused-ring (bicyclic) bond motifs is 3. The summed E-state index contributed by atoms with van der Waals surface area (Å²) in [6.45, 7) is 6.64. The van der Waals surface area contributed by atoms with E-state index in [-0.39, 0.29) is 5.41 Å². The second-order valence-electron chi connectivity index (χ2n) is 9.32. The van der Waals surface area contributed by atoms with Crippen molar-refractivity contribution in [1.82, 2.24) is 0 Å². The van der Waals surface area contributed by atoms with E-state index in [1.54, 1.807) is 0 Å². The number of rotatable bonds is 2. The Morgan fingerprint density at radius 2 is 1.26 bits per heavy atom. The third-order valence-electron chi connectivity index (χ3n) is 6.34. The molecule has 1 aliphatic rings. The molecule has 1 atom stereocenters. The molecule has 31 heavy (non-hydrogen) atoms. The van der Waals surface area contributed by atoms with Gasteiger partial charge >= 0.3 is 0 Å². The van der Waals surface area contributed by atoms with Gasteiger partial charge < -0.3 is 5.11 Å². The summed E-state index contributed by atoms with van der Waals surface area (Å²) in [4.78, 5) is 0. The molecule has 0 radical (unpaired) electrons. The van der Waals surface area contributed by atoms with Crippen LogP contribution in [0.25, 0.3) is 22.3 Å². The maximum Gasteiger partial charge on any atom is 0.142 e. The standard InChI is InChI=1S/C29H25BrO/c1-28(2,3)20-13-15-22(19-9-5-4-6-10-19)26(17-20)29(31)25-12-8-7-11-23(25)24-16-14-21(30)18-27(24)29/h4-18,31H,1-3H3. The summed E-state index contributed by atoms with van der Waals surface area (Å²) in [5.74, 6) is 0. The third kappa shape index (κ3) is 3.17. The van der Waals surface area contributed by atoms with E-state index >= 15 is 0 Å². The van der Waals surface area contributed by atoms with E-state index in [0.717, 1.165) is 43.4 Å². The molecule has 154 valence electrons. The first kappa shape index (κ1) is 20.2. The van der Waals surface area contributed by atoms with E-state index in [0.29, 0.717) is 0 Å². The molecule has 0 bridgehead atoms. The van der Waals surface area contributed by atoms with Crippen LogP contribution in [0.3, 0.4) is 0 Å². The summed E-state index contributed by atoms with van der Waals surface area (Å²) >= 11 is 3.63. The van der Waals surface area contributed by atoms with Crippen LogP contribution in [0.5, 0.6) is 0 Å². The van der Waals surface area contributed by atoms with E-state index in [1.165, 1.54) is 5.56 Å². The van der Waals surface area contributed by atoms with Crippen LogP contribution in [-0.2, 0) is 11.0 Å². The quantitative estimate of drug-likeness (QED) is 0.319. The fraction of sp³-hybridized carbons (Fsp3) is 0.172. The van der Waals surface area contributed by atoms with Crippen molar-refractivity contribution in [1.29, 1.82) is 0 Å². The van der Waals surface area contributed by atoms with Gasteiger partial charge in [0.05, 0.1) is 0 Å². The topological polar surface area (TPSA) is 20.2 Å². The van der Waals surface area contributed by atoms with Gasteiger partial charge in [-0.25, -0.2) is 0 Å². The molecule has 1 aliphatic carbocycles. The minimum absolute atomic E-state index is 0.0292. The molecule has 5 rings (SSSR count). The second-order valence-corrected chi connectivity index (χ2v) is 10.2. The van der Waals surface area contributed by atoms with Gasteiger partial charge in [-0.2, -0.15) is 0 Å². The molecule has 0 spiro atoms. The molecule has 4 aromatic carbocycles. The van der Waals surface area contributed by atoms with Crippen molar-refractivity contribution in [2.45, 2.75) is 31.8 Å². The lowest BCUT2D eigenvalue weighted by molar-refractivity contribution is 0.131. The molecule has 0 saturated heterocycles. The van der Waals surface area contributed by atoms with Gasteiger partial charge in [-0.3, -0.25) is 0 Å². The Balaban J connectivity index is 1.89. The van der Waals surface area contributed by atoms with Crippen molar-refractivity contribution in [2.24, 2.45) is 0 Å². The number of benzene rings is 4. The van der Waals surface area contributed by atoms with E-state index in [2.05, 4.69) is 91.3 Å². The van der Waals surface area contributed by atoms with Crippen LogP contribution in [0.1, 0.15) is 43.0 Å². The molecule has 0 aromatic heterocycles. The minimum atomic E-state index is -1.23. The molecule has 0 amide bonds. The predicted octanol–water partition coefficient (Wildman–Crippen LogP) is 7.68. The summed E-state index contributed by atoms with van der Waals surface area (Å²) in [7, 11) is 0. The van der Waals surface area contributed by atoms with Crippen molar-refractivity contribution >= 4 is 15.9 Å². The minimum Gasteiger partial charge on any atom is -0.376 e. The lowest BCUT2D eigenvalue weighted by atomic mass is 9.76. The fourth-order valence-corrected chi connectivity index (χ4v) is 5.06. The highest BCUT2D eigenvalue weighted by molar-refractivity contribution is 9.10. The van der Waals surface area contributed by atoms with Gasteiger partial charge in [0.15, 0.2) is 0 Å². The van der Waals surface area contributed by atoms with Crippen LogP contribution < -0.4 is 0 Å². The van der Waals surface area contributed by atoms with Gasteiger partial charge in [0, 0.05) is 21.2 Å². The molecule has 4 aromatic rings. The summed E-state index contributed by atoms with van der Waals surface area (Å²) in [6.07, 6.45) is 0.